The largest absolute Gasteiger partial charge is 0.497 e. The second kappa shape index (κ2) is 10.3. The van der Waals surface area contributed by atoms with Crippen LogP contribution in [0, 0.1) is 11.8 Å². The third kappa shape index (κ3) is 5.05. The minimum Gasteiger partial charge on any atom is -0.497 e. The van der Waals surface area contributed by atoms with E-state index in [2.05, 4.69) is 10.6 Å². The molecule has 188 valence electrons. The predicted molar refractivity (Wildman–Crippen MR) is 141 cm³/mol. The van der Waals surface area contributed by atoms with Crippen molar-refractivity contribution in [2.24, 2.45) is 11.8 Å². The molecule has 3 aromatic rings. The Bertz CT molecular complexity index is 1280. The van der Waals surface area contributed by atoms with E-state index in [-0.39, 0.29) is 17.7 Å². The van der Waals surface area contributed by atoms with Gasteiger partial charge in [0.05, 0.1) is 21.3 Å². The summed E-state index contributed by atoms with van der Waals surface area (Å²) in [6.07, 6.45) is 3.70. The normalized spacial score (nSPS) is 22.3. The third-order valence-electron chi connectivity index (χ3n) is 7.13. The van der Waals surface area contributed by atoms with E-state index in [0.717, 1.165) is 24.8 Å². The highest BCUT2D eigenvalue weighted by atomic mass is 35.5. The molecule has 6 nitrogen and oxygen atoms in total. The molecule has 2 N–H and O–H groups in total. The van der Waals surface area contributed by atoms with Gasteiger partial charge in [-0.25, -0.2) is 0 Å². The lowest BCUT2D eigenvalue weighted by Gasteiger charge is -2.37. The molecule has 0 aliphatic heterocycles. The maximum atomic E-state index is 13.5. The predicted octanol–water partition coefficient (Wildman–Crippen LogP) is 6.46. The number of carbonyl (C=O) groups is 2. The first kappa shape index (κ1) is 24.9. The molecule has 2 amide bonds. The quantitative estimate of drug-likeness (QED) is 0.341. The number of fused-ring (bicyclic) bond motifs is 2. The molecular formula is C27H26Cl2N2O4S. The van der Waals surface area contributed by atoms with E-state index in [1.54, 1.807) is 37.4 Å². The van der Waals surface area contributed by atoms with E-state index in [9.17, 15) is 9.59 Å². The molecule has 0 saturated heterocycles. The van der Waals surface area contributed by atoms with Crippen LogP contribution in [0.15, 0.2) is 54.6 Å². The van der Waals surface area contributed by atoms with Gasteiger partial charge in [-0.05, 0) is 79.5 Å². The van der Waals surface area contributed by atoms with Crippen LogP contribution >= 0.6 is 34.5 Å². The highest BCUT2D eigenvalue weighted by Crippen LogP contribution is 2.51. The molecule has 0 spiro atoms. The number of benzene rings is 2. The van der Waals surface area contributed by atoms with Crippen molar-refractivity contribution in [2.45, 2.75) is 37.8 Å². The van der Waals surface area contributed by atoms with Crippen LogP contribution in [-0.2, 0) is 11.3 Å². The van der Waals surface area contributed by atoms with E-state index in [1.165, 1.54) is 11.3 Å². The second-order valence-corrected chi connectivity index (χ2v) is 11.5. The van der Waals surface area contributed by atoms with Gasteiger partial charge in [-0.3, -0.25) is 9.59 Å². The first-order valence-corrected chi connectivity index (χ1v) is 13.4. The Kier molecular flexibility index (Phi) is 7.15. The molecule has 2 aliphatic carbocycles. The van der Waals surface area contributed by atoms with E-state index >= 15 is 0 Å². The Morgan fingerprint density at radius 1 is 1.06 bits per heavy atom. The number of methoxy groups -OCH3 is 1. The molecule has 2 saturated carbocycles. The number of rotatable bonds is 8. The van der Waals surface area contributed by atoms with E-state index in [0.29, 0.717) is 50.4 Å². The molecule has 2 aromatic carbocycles. The molecule has 0 radical (unpaired) electrons. The van der Waals surface area contributed by atoms with Crippen molar-refractivity contribution < 1.29 is 19.1 Å². The van der Waals surface area contributed by atoms with Gasteiger partial charge in [0.2, 0.25) is 5.91 Å². The van der Waals surface area contributed by atoms with E-state index in [4.69, 9.17) is 32.7 Å². The van der Waals surface area contributed by atoms with Gasteiger partial charge in [0, 0.05) is 12.6 Å². The Labute approximate surface area is 223 Å². The maximum absolute atomic E-state index is 13.5. The zero-order valence-electron chi connectivity index (χ0n) is 19.7. The number of carbonyl (C=O) groups excluding carboxylic acids is 2. The van der Waals surface area contributed by atoms with Gasteiger partial charge in [0.1, 0.15) is 22.8 Å². The molecule has 9 heteroatoms. The molecule has 3 unspecified atom stereocenters. The summed E-state index contributed by atoms with van der Waals surface area (Å²) in [5.74, 6) is 2.05. The molecule has 2 bridgehead atoms. The van der Waals surface area contributed by atoms with Crippen molar-refractivity contribution >= 4 is 46.4 Å². The average Bonchev–Trinajstić information content (AvgIpc) is 3.61. The average molecular weight is 545 g/mol. The van der Waals surface area contributed by atoms with Crippen LogP contribution in [0.3, 0.4) is 0 Å². The highest BCUT2D eigenvalue weighted by Gasteiger charge is 2.56. The summed E-state index contributed by atoms with van der Waals surface area (Å²) in [5, 5.41) is 6.62. The summed E-state index contributed by atoms with van der Waals surface area (Å²) in [4.78, 5) is 27.0. The molecule has 5 rings (SSSR count). The van der Waals surface area contributed by atoms with Crippen LogP contribution in [0.4, 0.5) is 0 Å². The van der Waals surface area contributed by atoms with E-state index in [1.807, 2.05) is 24.3 Å². The fraction of sp³-hybridized carbons (Fsp3) is 0.333. The number of amides is 2. The Balaban J connectivity index is 1.24. The smallest absolute Gasteiger partial charge is 0.262 e. The number of nitrogens with one attached hydrogen (secondary N) is 2. The fourth-order valence-corrected chi connectivity index (χ4v) is 6.50. The van der Waals surface area contributed by atoms with Gasteiger partial charge >= 0.3 is 0 Å². The third-order valence-corrected chi connectivity index (χ3v) is 8.66. The van der Waals surface area contributed by atoms with Gasteiger partial charge in [-0.2, -0.15) is 0 Å². The topological polar surface area (TPSA) is 76.7 Å². The van der Waals surface area contributed by atoms with Crippen molar-refractivity contribution in [2.75, 3.05) is 7.11 Å². The number of thiophene rings is 1. The summed E-state index contributed by atoms with van der Waals surface area (Å²) in [6, 6.07) is 16.1. The molecule has 1 heterocycles. The summed E-state index contributed by atoms with van der Waals surface area (Å²) in [7, 11) is 1.58. The monoisotopic (exact) mass is 544 g/mol. The van der Waals surface area contributed by atoms with Crippen molar-refractivity contribution in [1.29, 1.82) is 0 Å². The molecular weight excluding hydrogens is 519 g/mol. The Morgan fingerprint density at radius 2 is 1.83 bits per heavy atom. The van der Waals surface area contributed by atoms with Gasteiger partial charge in [0.25, 0.3) is 5.91 Å². The summed E-state index contributed by atoms with van der Waals surface area (Å²) >= 11 is 13.5. The maximum Gasteiger partial charge on any atom is 0.262 e. The molecule has 36 heavy (non-hydrogen) atoms. The number of halogens is 2. The van der Waals surface area contributed by atoms with E-state index < -0.39 is 5.54 Å². The zero-order chi connectivity index (χ0) is 25.3. The number of ether oxygens (including phenoxy) is 2. The van der Waals surface area contributed by atoms with Gasteiger partial charge in [0.15, 0.2) is 0 Å². The fourth-order valence-electron chi connectivity index (χ4n) is 5.35. The summed E-state index contributed by atoms with van der Waals surface area (Å²) in [6.45, 7) is 0.349. The van der Waals surface area contributed by atoms with Crippen molar-refractivity contribution in [3.63, 3.8) is 0 Å². The van der Waals surface area contributed by atoms with Crippen LogP contribution in [0.2, 0.25) is 9.36 Å². The molecule has 3 atom stereocenters. The van der Waals surface area contributed by atoms with Crippen molar-refractivity contribution in [3.05, 3.63) is 74.4 Å². The van der Waals surface area contributed by atoms with Crippen LogP contribution in [0.5, 0.6) is 17.2 Å². The first-order valence-electron chi connectivity index (χ1n) is 11.8. The van der Waals surface area contributed by atoms with Crippen molar-refractivity contribution in [1.82, 2.24) is 10.6 Å². The minimum atomic E-state index is -0.884. The van der Waals surface area contributed by atoms with Crippen molar-refractivity contribution in [3.8, 4) is 17.2 Å². The summed E-state index contributed by atoms with van der Waals surface area (Å²) < 4.78 is 11.6. The first-order chi connectivity index (χ1) is 17.4. The van der Waals surface area contributed by atoms with Crippen LogP contribution in [-0.4, -0.2) is 24.5 Å². The Hall–Kier alpha value is -2.74. The highest BCUT2D eigenvalue weighted by molar-refractivity contribution is 7.18. The SMILES string of the molecule is COc1ccc(Oc2ccc(CNC(=O)C3(NC(=O)c4ccc(Cl)s4)CC4CCC3C4)cc2)c(Cl)c1. The lowest BCUT2D eigenvalue weighted by molar-refractivity contribution is -0.129. The molecule has 2 aliphatic rings. The number of hydrogen-bond acceptors (Lipinski definition) is 5. The lowest BCUT2D eigenvalue weighted by atomic mass is 9.79. The van der Waals surface area contributed by atoms with Crippen LogP contribution in [0.1, 0.15) is 40.9 Å². The van der Waals surface area contributed by atoms with Crippen LogP contribution < -0.4 is 20.1 Å². The molecule has 1 aromatic heterocycles. The van der Waals surface area contributed by atoms with Gasteiger partial charge in [-0.15, -0.1) is 11.3 Å². The lowest BCUT2D eigenvalue weighted by Crippen LogP contribution is -2.61. The Morgan fingerprint density at radius 3 is 2.44 bits per heavy atom. The summed E-state index contributed by atoms with van der Waals surface area (Å²) in [5.41, 5.74) is 0.0381. The molecule has 2 fully saturated rings. The van der Waals surface area contributed by atoms with Crippen LogP contribution in [0.25, 0.3) is 0 Å². The zero-order valence-corrected chi connectivity index (χ0v) is 22.0. The van der Waals surface area contributed by atoms with Gasteiger partial charge in [-0.1, -0.05) is 35.3 Å². The number of hydrogen-bond donors (Lipinski definition) is 2. The standard InChI is InChI=1S/C27H26Cl2N2O4S/c1-34-20-8-9-22(21(28)13-20)35-19-6-3-16(4-7-19)15-30-26(33)27(14-17-2-5-18(27)12-17)31-25(32)23-10-11-24(29)36-23/h3-4,6-11,13,17-18H,2,5,12,14-15H2,1H3,(H,30,33)(H,31,32). The second-order valence-electron chi connectivity index (χ2n) is 9.33. The minimum absolute atomic E-state index is 0.129. The van der Waals surface area contributed by atoms with Gasteiger partial charge < -0.3 is 20.1 Å².